The molecule has 1 heterocycles. The first kappa shape index (κ1) is 19.2. The summed E-state index contributed by atoms with van der Waals surface area (Å²) in [5, 5.41) is 0. The van der Waals surface area contributed by atoms with Gasteiger partial charge in [0.05, 0.1) is 12.4 Å². The van der Waals surface area contributed by atoms with Crippen LogP contribution in [0, 0.1) is 0 Å². The highest BCUT2D eigenvalue weighted by Gasteiger charge is 2.14. The molecule has 2 N–H and O–H groups in total. The molecule has 22 heavy (non-hydrogen) atoms. The van der Waals surface area contributed by atoms with Gasteiger partial charge in [0.1, 0.15) is 0 Å². The molecule has 0 amide bonds. The summed E-state index contributed by atoms with van der Waals surface area (Å²) in [6.07, 6.45) is 19.3. The molecule has 128 valence electrons. The minimum absolute atomic E-state index is 0.736. The Morgan fingerprint density at radius 2 is 1.68 bits per heavy atom. The fourth-order valence-corrected chi connectivity index (χ4v) is 2.99. The average molecular weight is 308 g/mol. The minimum atomic E-state index is 0.736. The minimum Gasteiger partial charge on any atom is -0.357 e. The van der Waals surface area contributed by atoms with E-state index in [1.165, 1.54) is 70.0 Å². The van der Waals surface area contributed by atoms with Gasteiger partial charge in [0.15, 0.2) is 0 Å². The molecule has 0 saturated carbocycles. The van der Waals surface area contributed by atoms with Crippen LogP contribution in [0.5, 0.6) is 0 Å². The molecule has 0 spiro atoms. The van der Waals surface area contributed by atoms with Crippen LogP contribution < -0.4 is 5.73 Å². The maximum atomic E-state index is 5.63. The lowest BCUT2D eigenvalue weighted by atomic mass is 10.1. The Kier molecular flexibility index (Phi) is 12.1. The Hall–Kier alpha value is -0.830. The molecule has 0 aromatic carbocycles. The third-order valence-electron chi connectivity index (χ3n) is 4.34. The van der Waals surface area contributed by atoms with E-state index in [-0.39, 0.29) is 0 Å². The van der Waals surface area contributed by atoms with Crippen LogP contribution in [-0.4, -0.2) is 36.9 Å². The molecule has 0 bridgehead atoms. The van der Waals surface area contributed by atoms with Gasteiger partial charge in [-0.15, -0.1) is 0 Å². The van der Waals surface area contributed by atoms with Gasteiger partial charge in [-0.1, -0.05) is 51.2 Å². The summed E-state index contributed by atoms with van der Waals surface area (Å²) in [4.78, 5) is 6.95. The zero-order valence-electron chi connectivity index (χ0n) is 14.7. The highest BCUT2D eigenvalue weighted by molar-refractivity contribution is 5.83. The van der Waals surface area contributed by atoms with Crippen molar-refractivity contribution in [3.05, 3.63) is 12.2 Å². The summed E-state index contributed by atoms with van der Waals surface area (Å²) in [5.74, 6) is 1.29. The van der Waals surface area contributed by atoms with Crippen molar-refractivity contribution in [3.8, 4) is 0 Å². The van der Waals surface area contributed by atoms with Crippen molar-refractivity contribution >= 4 is 5.84 Å². The summed E-state index contributed by atoms with van der Waals surface area (Å²) in [6.45, 7) is 6.02. The predicted octanol–water partition coefficient (Wildman–Crippen LogP) is 4.53. The number of nitrogens with two attached hydrogens (primary N) is 1. The average Bonchev–Trinajstić information content (AvgIpc) is 2.96. The Bertz CT molecular complexity index is 310. The Morgan fingerprint density at radius 3 is 2.41 bits per heavy atom. The van der Waals surface area contributed by atoms with Gasteiger partial charge in [-0.3, -0.25) is 4.99 Å². The molecule has 0 aromatic rings. The first-order valence-corrected chi connectivity index (χ1v) is 9.51. The number of hydrogen-bond donors (Lipinski definition) is 1. The van der Waals surface area contributed by atoms with Crippen LogP contribution in [-0.2, 0) is 0 Å². The molecule has 0 unspecified atom stereocenters. The number of amidine groups is 1. The van der Waals surface area contributed by atoms with Gasteiger partial charge in [-0.2, -0.15) is 0 Å². The molecule has 3 heteroatoms. The van der Waals surface area contributed by atoms with Gasteiger partial charge in [0.25, 0.3) is 0 Å². The highest BCUT2D eigenvalue weighted by Crippen LogP contribution is 2.11. The van der Waals surface area contributed by atoms with Gasteiger partial charge in [0, 0.05) is 26.1 Å². The maximum Gasteiger partial charge on any atom is 0.0990 e. The third-order valence-corrected chi connectivity index (χ3v) is 4.34. The first-order valence-electron chi connectivity index (χ1n) is 9.51. The van der Waals surface area contributed by atoms with Gasteiger partial charge in [-0.25, -0.2) is 0 Å². The lowest BCUT2D eigenvalue weighted by Crippen LogP contribution is -2.32. The zero-order chi connectivity index (χ0) is 15.9. The number of unbranched alkanes of at least 4 members (excludes halogenated alkanes) is 8. The smallest absolute Gasteiger partial charge is 0.0990 e. The van der Waals surface area contributed by atoms with Crippen LogP contribution in [0.1, 0.15) is 77.6 Å². The lowest BCUT2D eigenvalue weighted by Gasteiger charge is -2.19. The normalized spacial score (nSPS) is 15.0. The van der Waals surface area contributed by atoms with Crippen molar-refractivity contribution in [3.63, 3.8) is 0 Å². The van der Waals surface area contributed by atoms with Crippen molar-refractivity contribution in [2.75, 3.05) is 26.2 Å². The van der Waals surface area contributed by atoms with E-state index in [0.717, 1.165) is 32.6 Å². The van der Waals surface area contributed by atoms with Crippen LogP contribution >= 0.6 is 0 Å². The Morgan fingerprint density at radius 1 is 1.00 bits per heavy atom. The van der Waals surface area contributed by atoms with Gasteiger partial charge < -0.3 is 10.6 Å². The third kappa shape index (κ3) is 9.24. The number of nitrogens with zero attached hydrogens (tertiary/aromatic N) is 2. The summed E-state index contributed by atoms with van der Waals surface area (Å²) in [7, 11) is 0. The second kappa shape index (κ2) is 13.8. The van der Waals surface area contributed by atoms with Crippen LogP contribution in [0.3, 0.4) is 0 Å². The largest absolute Gasteiger partial charge is 0.357 e. The van der Waals surface area contributed by atoms with E-state index in [0.29, 0.717) is 0 Å². The van der Waals surface area contributed by atoms with Crippen LogP contribution in [0.2, 0.25) is 0 Å². The van der Waals surface area contributed by atoms with Crippen LogP contribution in [0.15, 0.2) is 17.1 Å². The SMILES string of the molecule is CCCCCCCC/C=C/CCCCC1=NCCN1CCN. The standard InChI is InChI=1S/C19H37N3/c1-2-3-4-5-6-7-8-9-10-11-12-13-14-19-21-16-18-22(19)17-15-20/h9-10H,2-8,11-18,20H2,1H3/b10-9+. The summed E-state index contributed by atoms with van der Waals surface area (Å²) < 4.78 is 0. The molecule has 0 atom stereocenters. The second-order valence-corrected chi connectivity index (χ2v) is 6.35. The highest BCUT2D eigenvalue weighted by atomic mass is 15.2. The van der Waals surface area contributed by atoms with Gasteiger partial charge in [0.2, 0.25) is 0 Å². The number of hydrogen-bond acceptors (Lipinski definition) is 3. The number of rotatable bonds is 14. The number of allylic oxidation sites excluding steroid dienone is 2. The summed E-state index contributed by atoms with van der Waals surface area (Å²) in [5.41, 5.74) is 5.63. The van der Waals surface area contributed by atoms with E-state index in [1.807, 2.05) is 0 Å². The van der Waals surface area contributed by atoms with Crippen molar-refractivity contribution in [2.24, 2.45) is 10.7 Å². The second-order valence-electron chi connectivity index (χ2n) is 6.35. The fourth-order valence-electron chi connectivity index (χ4n) is 2.99. The quantitative estimate of drug-likeness (QED) is 0.378. The Balaban J connectivity index is 1.89. The molecule has 1 aliphatic heterocycles. The maximum absolute atomic E-state index is 5.63. The van der Waals surface area contributed by atoms with E-state index in [4.69, 9.17) is 5.73 Å². The molecule has 0 saturated heterocycles. The summed E-state index contributed by atoms with van der Waals surface area (Å²) in [6, 6.07) is 0. The molecular formula is C19H37N3. The molecule has 0 fully saturated rings. The van der Waals surface area contributed by atoms with Crippen LogP contribution in [0.25, 0.3) is 0 Å². The fraction of sp³-hybridized carbons (Fsp3) is 0.842. The van der Waals surface area contributed by atoms with E-state index < -0.39 is 0 Å². The van der Waals surface area contributed by atoms with Crippen molar-refractivity contribution in [1.29, 1.82) is 0 Å². The first-order chi connectivity index (χ1) is 10.9. The number of aliphatic imine (C=N–C) groups is 1. The van der Waals surface area contributed by atoms with E-state index in [9.17, 15) is 0 Å². The van der Waals surface area contributed by atoms with E-state index >= 15 is 0 Å². The summed E-state index contributed by atoms with van der Waals surface area (Å²) >= 11 is 0. The van der Waals surface area contributed by atoms with Crippen LogP contribution in [0.4, 0.5) is 0 Å². The monoisotopic (exact) mass is 307 g/mol. The topological polar surface area (TPSA) is 41.6 Å². The molecule has 0 radical (unpaired) electrons. The molecule has 0 aromatic heterocycles. The van der Waals surface area contributed by atoms with E-state index in [2.05, 4.69) is 29.0 Å². The van der Waals surface area contributed by atoms with Gasteiger partial charge >= 0.3 is 0 Å². The molecule has 1 rings (SSSR count). The van der Waals surface area contributed by atoms with Gasteiger partial charge in [-0.05, 0) is 32.1 Å². The predicted molar refractivity (Wildman–Crippen MR) is 98.5 cm³/mol. The molecule has 3 nitrogen and oxygen atoms in total. The lowest BCUT2D eigenvalue weighted by molar-refractivity contribution is 0.457. The van der Waals surface area contributed by atoms with Crippen molar-refractivity contribution in [2.45, 2.75) is 77.6 Å². The molecule has 1 aliphatic rings. The van der Waals surface area contributed by atoms with Crippen molar-refractivity contribution in [1.82, 2.24) is 4.90 Å². The Labute approximate surface area is 138 Å². The van der Waals surface area contributed by atoms with Crippen molar-refractivity contribution < 1.29 is 0 Å². The zero-order valence-corrected chi connectivity index (χ0v) is 14.7. The molecule has 0 aliphatic carbocycles. The molecular weight excluding hydrogens is 270 g/mol. The van der Waals surface area contributed by atoms with E-state index in [1.54, 1.807) is 0 Å².